The summed E-state index contributed by atoms with van der Waals surface area (Å²) in [5.41, 5.74) is 0. The maximum atomic E-state index is 11.8. The van der Waals surface area contributed by atoms with Crippen LogP contribution < -0.4 is 0 Å². The van der Waals surface area contributed by atoms with Crippen molar-refractivity contribution in [2.75, 3.05) is 18.8 Å². The molecule has 0 heterocycles. The fourth-order valence-electron chi connectivity index (χ4n) is 1.18. The third-order valence-corrected chi connectivity index (χ3v) is 4.15. The topological polar surface area (TPSA) is 61.2 Å². The Morgan fingerprint density at radius 3 is 2.40 bits per heavy atom. The minimum atomic E-state index is -3.16. The van der Waals surface area contributed by atoms with Gasteiger partial charge in [0.2, 0.25) is 10.0 Å². The first-order chi connectivity index (χ1) is 6.94. The van der Waals surface area contributed by atoms with Gasteiger partial charge in [-0.1, -0.05) is 20.8 Å². The van der Waals surface area contributed by atoms with Gasteiger partial charge in [0.05, 0.1) is 11.8 Å². The van der Waals surface area contributed by atoms with E-state index < -0.39 is 10.0 Å². The molecule has 0 aliphatic carbocycles. The van der Waals surface area contributed by atoms with E-state index in [0.29, 0.717) is 25.4 Å². The van der Waals surface area contributed by atoms with Crippen LogP contribution in [0.4, 0.5) is 0 Å². The van der Waals surface area contributed by atoms with Gasteiger partial charge >= 0.3 is 0 Å². The van der Waals surface area contributed by atoms with Gasteiger partial charge in [0.15, 0.2) is 0 Å². The van der Waals surface area contributed by atoms with E-state index in [1.807, 2.05) is 19.9 Å². The van der Waals surface area contributed by atoms with E-state index in [1.54, 1.807) is 6.92 Å². The van der Waals surface area contributed by atoms with Crippen LogP contribution in [0.1, 0.15) is 33.6 Å². The van der Waals surface area contributed by atoms with E-state index in [1.165, 1.54) is 4.31 Å². The van der Waals surface area contributed by atoms with E-state index in [9.17, 15) is 8.42 Å². The fraction of sp³-hybridized carbons (Fsp3) is 0.900. The molecule has 0 radical (unpaired) electrons. The van der Waals surface area contributed by atoms with Gasteiger partial charge < -0.3 is 0 Å². The SMILES string of the molecule is CCN(CCC#N)S(=O)(=O)CCC(C)C. The zero-order valence-electron chi connectivity index (χ0n) is 9.73. The molecule has 0 aliphatic heterocycles. The van der Waals surface area contributed by atoms with E-state index in [4.69, 9.17) is 5.26 Å². The molecule has 0 aromatic heterocycles. The van der Waals surface area contributed by atoms with Crippen LogP contribution in [0.3, 0.4) is 0 Å². The Kier molecular flexibility index (Phi) is 6.53. The molecule has 0 rings (SSSR count). The van der Waals surface area contributed by atoms with Crippen LogP contribution in [0.2, 0.25) is 0 Å². The highest BCUT2D eigenvalue weighted by Crippen LogP contribution is 2.08. The highest BCUT2D eigenvalue weighted by molar-refractivity contribution is 7.89. The van der Waals surface area contributed by atoms with Crippen molar-refractivity contribution in [2.45, 2.75) is 33.6 Å². The Bertz CT molecular complexity index is 304. The summed E-state index contributed by atoms with van der Waals surface area (Å²) < 4.78 is 25.0. The number of nitrogens with zero attached hydrogens (tertiary/aromatic N) is 2. The number of hydrogen-bond acceptors (Lipinski definition) is 3. The lowest BCUT2D eigenvalue weighted by Gasteiger charge is -2.19. The second kappa shape index (κ2) is 6.81. The van der Waals surface area contributed by atoms with Crippen molar-refractivity contribution in [3.63, 3.8) is 0 Å². The van der Waals surface area contributed by atoms with Gasteiger partial charge in [0.1, 0.15) is 0 Å². The number of hydrogen-bond donors (Lipinski definition) is 0. The lowest BCUT2D eigenvalue weighted by Crippen LogP contribution is -2.34. The lowest BCUT2D eigenvalue weighted by molar-refractivity contribution is 0.430. The van der Waals surface area contributed by atoms with Crippen molar-refractivity contribution >= 4 is 10.0 Å². The average molecular weight is 232 g/mol. The van der Waals surface area contributed by atoms with Gasteiger partial charge in [-0.25, -0.2) is 12.7 Å². The summed E-state index contributed by atoms with van der Waals surface area (Å²) in [6.45, 7) is 6.56. The van der Waals surface area contributed by atoms with Gasteiger partial charge in [-0.3, -0.25) is 0 Å². The minimum Gasteiger partial charge on any atom is -0.212 e. The minimum absolute atomic E-state index is 0.184. The van der Waals surface area contributed by atoms with Crippen molar-refractivity contribution in [3.8, 4) is 6.07 Å². The molecule has 0 unspecified atom stereocenters. The van der Waals surface area contributed by atoms with Crippen LogP contribution in [0.5, 0.6) is 0 Å². The molecule has 0 aromatic carbocycles. The molecular formula is C10H20N2O2S. The molecule has 0 amide bonds. The summed E-state index contributed by atoms with van der Waals surface area (Å²) in [6.07, 6.45) is 0.931. The van der Waals surface area contributed by atoms with Gasteiger partial charge in [-0.05, 0) is 12.3 Å². The van der Waals surface area contributed by atoms with E-state index in [0.717, 1.165) is 0 Å². The van der Waals surface area contributed by atoms with Crippen LogP contribution in [0.25, 0.3) is 0 Å². The van der Waals surface area contributed by atoms with Crippen molar-refractivity contribution in [1.29, 1.82) is 5.26 Å². The summed E-state index contributed by atoms with van der Waals surface area (Å²) in [5, 5.41) is 8.42. The summed E-state index contributed by atoms with van der Waals surface area (Å²) in [4.78, 5) is 0. The Hall–Kier alpha value is -0.600. The molecule has 0 aliphatic rings. The molecule has 0 spiro atoms. The zero-order valence-corrected chi connectivity index (χ0v) is 10.5. The second-order valence-electron chi connectivity index (χ2n) is 3.90. The molecule has 4 nitrogen and oxygen atoms in total. The summed E-state index contributed by atoms with van der Waals surface area (Å²) in [7, 11) is -3.16. The van der Waals surface area contributed by atoms with Crippen LogP contribution in [0, 0.1) is 17.2 Å². The molecule has 5 heteroatoms. The van der Waals surface area contributed by atoms with Crippen LogP contribution in [0.15, 0.2) is 0 Å². The Morgan fingerprint density at radius 2 is 2.00 bits per heavy atom. The van der Waals surface area contributed by atoms with Crippen LogP contribution in [-0.4, -0.2) is 31.6 Å². The van der Waals surface area contributed by atoms with Crippen molar-refractivity contribution < 1.29 is 8.42 Å². The number of nitriles is 1. The monoisotopic (exact) mass is 232 g/mol. The van der Waals surface area contributed by atoms with Gasteiger partial charge in [-0.15, -0.1) is 0 Å². The zero-order chi connectivity index (χ0) is 11.9. The summed E-state index contributed by atoms with van der Waals surface area (Å²) in [5.74, 6) is 0.568. The number of sulfonamides is 1. The van der Waals surface area contributed by atoms with Crippen LogP contribution in [-0.2, 0) is 10.0 Å². The van der Waals surface area contributed by atoms with Crippen molar-refractivity contribution in [1.82, 2.24) is 4.31 Å². The molecule has 88 valence electrons. The van der Waals surface area contributed by atoms with Crippen molar-refractivity contribution in [3.05, 3.63) is 0 Å². The predicted molar refractivity (Wildman–Crippen MR) is 60.7 cm³/mol. The molecule has 0 bridgehead atoms. The van der Waals surface area contributed by atoms with Crippen molar-refractivity contribution in [2.24, 2.45) is 5.92 Å². The number of rotatable bonds is 7. The molecule has 0 saturated carbocycles. The van der Waals surface area contributed by atoms with Gasteiger partial charge in [-0.2, -0.15) is 5.26 Å². The molecule has 0 fully saturated rings. The fourth-order valence-corrected chi connectivity index (χ4v) is 2.97. The molecular weight excluding hydrogens is 212 g/mol. The normalized spacial score (nSPS) is 12.0. The maximum Gasteiger partial charge on any atom is 0.214 e. The van der Waals surface area contributed by atoms with Gasteiger partial charge in [0.25, 0.3) is 0 Å². The lowest BCUT2D eigenvalue weighted by atomic mass is 10.2. The first-order valence-corrected chi connectivity index (χ1v) is 6.89. The molecule has 0 saturated heterocycles. The van der Waals surface area contributed by atoms with Crippen LogP contribution >= 0.6 is 0 Å². The second-order valence-corrected chi connectivity index (χ2v) is 5.99. The highest BCUT2D eigenvalue weighted by atomic mass is 32.2. The molecule has 0 N–H and O–H groups in total. The first kappa shape index (κ1) is 14.4. The smallest absolute Gasteiger partial charge is 0.212 e. The molecule has 0 atom stereocenters. The third-order valence-electron chi connectivity index (χ3n) is 2.17. The Morgan fingerprint density at radius 1 is 1.40 bits per heavy atom. The highest BCUT2D eigenvalue weighted by Gasteiger charge is 2.19. The summed E-state index contributed by atoms with van der Waals surface area (Å²) in [6, 6.07) is 1.96. The average Bonchev–Trinajstić information content (AvgIpc) is 2.16. The molecule has 15 heavy (non-hydrogen) atoms. The standard InChI is InChI=1S/C10H20N2O2S/c1-4-12(8-5-7-11)15(13,14)9-6-10(2)3/h10H,4-6,8-9H2,1-3H3. The largest absolute Gasteiger partial charge is 0.214 e. The maximum absolute atomic E-state index is 11.8. The van der Waals surface area contributed by atoms with E-state index in [-0.39, 0.29) is 12.2 Å². The predicted octanol–water partition coefficient (Wildman–Crippen LogP) is 1.60. The Labute approximate surface area is 92.9 Å². The summed E-state index contributed by atoms with van der Waals surface area (Å²) >= 11 is 0. The third kappa shape index (κ3) is 5.75. The quantitative estimate of drug-likeness (QED) is 0.669. The van der Waals surface area contributed by atoms with E-state index >= 15 is 0 Å². The molecule has 0 aromatic rings. The first-order valence-electron chi connectivity index (χ1n) is 5.28. The van der Waals surface area contributed by atoms with Gasteiger partial charge in [0, 0.05) is 19.5 Å². The Balaban J connectivity index is 4.33. The van der Waals surface area contributed by atoms with E-state index in [2.05, 4.69) is 0 Å².